The van der Waals surface area contributed by atoms with Crippen LogP contribution in [0.25, 0.3) is 11.1 Å². The molecule has 0 fully saturated rings. The zero-order valence-corrected chi connectivity index (χ0v) is 20.5. The molecule has 36 heavy (non-hydrogen) atoms. The smallest absolute Gasteiger partial charge is 0.270 e. The number of aliphatic hydroxyl groups excluding tert-OH is 1. The van der Waals surface area contributed by atoms with Crippen molar-refractivity contribution < 1.29 is 14.3 Å². The maximum absolute atomic E-state index is 13.8. The van der Waals surface area contributed by atoms with Crippen LogP contribution in [0.15, 0.2) is 67.0 Å². The Morgan fingerprint density at radius 3 is 2.69 bits per heavy atom. The van der Waals surface area contributed by atoms with Gasteiger partial charge >= 0.3 is 0 Å². The molecular formula is C29H29FN4O2. The number of para-hydroxylation sites is 1. The summed E-state index contributed by atoms with van der Waals surface area (Å²) in [5, 5.41) is 13.1. The molecule has 0 spiro atoms. The van der Waals surface area contributed by atoms with Crippen molar-refractivity contribution in [1.29, 1.82) is 0 Å². The molecule has 5 rings (SSSR count). The molecule has 0 saturated carbocycles. The summed E-state index contributed by atoms with van der Waals surface area (Å²) in [4.78, 5) is 19.6. The van der Waals surface area contributed by atoms with Crippen LogP contribution in [-0.4, -0.2) is 32.0 Å². The summed E-state index contributed by atoms with van der Waals surface area (Å²) in [6, 6.07) is 16.4. The number of hydrogen-bond donors (Lipinski definition) is 2. The molecule has 0 aliphatic carbocycles. The molecule has 2 N–H and O–H groups in total. The Balaban J connectivity index is 1.41. The van der Waals surface area contributed by atoms with Gasteiger partial charge in [-0.2, -0.15) is 0 Å². The number of rotatable bonds is 7. The van der Waals surface area contributed by atoms with Crippen LogP contribution in [0.5, 0.6) is 0 Å². The van der Waals surface area contributed by atoms with Gasteiger partial charge in [0.1, 0.15) is 17.3 Å². The van der Waals surface area contributed by atoms with E-state index < -0.39 is 0 Å². The highest BCUT2D eigenvalue weighted by atomic mass is 19.1. The SMILES string of the molecule is CCc1ccccc1Nc1cc(-c2cc3n(c2)CCN(Cc2cc(F)ccc2CO)C3=O)c(C)cn1. The van der Waals surface area contributed by atoms with Crippen molar-refractivity contribution in [2.24, 2.45) is 0 Å². The highest BCUT2D eigenvalue weighted by Crippen LogP contribution is 2.31. The second-order valence-electron chi connectivity index (χ2n) is 9.13. The first-order valence-electron chi connectivity index (χ1n) is 12.2. The van der Waals surface area contributed by atoms with Gasteiger partial charge in [-0.25, -0.2) is 9.37 Å². The van der Waals surface area contributed by atoms with Gasteiger partial charge in [-0.1, -0.05) is 31.2 Å². The maximum atomic E-state index is 13.8. The first kappa shape index (κ1) is 23.8. The number of aryl methyl sites for hydroxylation is 2. The summed E-state index contributed by atoms with van der Waals surface area (Å²) >= 11 is 0. The van der Waals surface area contributed by atoms with Crippen molar-refractivity contribution in [3.8, 4) is 11.1 Å². The van der Waals surface area contributed by atoms with Crippen molar-refractivity contribution in [2.45, 2.75) is 40.0 Å². The average Bonchev–Trinajstić information content (AvgIpc) is 3.32. The Morgan fingerprint density at radius 1 is 1.06 bits per heavy atom. The summed E-state index contributed by atoms with van der Waals surface area (Å²) in [6.45, 7) is 5.35. The van der Waals surface area contributed by atoms with Crippen LogP contribution >= 0.6 is 0 Å². The number of aliphatic hydroxyl groups is 1. The van der Waals surface area contributed by atoms with Gasteiger partial charge in [0.15, 0.2) is 0 Å². The molecule has 0 atom stereocenters. The normalized spacial score (nSPS) is 13.1. The Bertz CT molecular complexity index is 1430. The molecule has 6 nitrogen and oxygen atoms in total. The van der Waals surface area contributed by atoms with E-state index in [1.807, 2.05) is 54.2 Å². The van der Waals surface area contributed by atoms with Crippen molar-refractivity contribution in [1.82, 2.24) is 14.5 Å². The molecule has 2 aromatic heterocycles. The van der Waals surface area contributed by atoms with Crippen LogP contribution in [0.2, 0.25) is 0 Å². The average molecular weight is 485 g/mol. The number of hydrogen-bond acceptors (Lipinski definition) is 4. The number of nitrogens with zero attached hydrogens (tertiary/aromatic N) is 3. The van der Waals surface area contributed by atoms with E-state index in [0.29, 0.717) is 29.9 Å². The summed E-state index contributed by atoms with van der Waals surface area (Å²) in [5.41, 5.74) is 7.08. The van der Waals surface area contributed by atoms with Crippen LogP contribution < -0.4 is 5.32 Å². The van der Waals surface area contributed by atoms with Crippen LogP contribution in [0.1, 0.15) is 39.7 Å². The van der Waals surface area contributed by atoms with Crippen molar-refractivity contribution in [3.05, 3.63) is 101 Å². The lowest BCUT2D eigenvalue weighted by Gasteiger charge is -2.29. The molecule has 1 aliphatic heterocycles. The number of aromatic nitrogens is 2. The molecule has 3 heterocycles. The Labute approximate surface area is 210 Å². The van der Waals surface area contributed by atoms with E-state index in [9.17, 15) is 14.3 Å². The Hall–Kier alpha value is -3.97. The first-order chi connectivity index (χ1) is 17.5. The lowest BCUT2D eigenvalue weighted by atomic mass is 10.0. The van der Waals surface area contributed by atoms with Crippen molar-refractivity contribution >= 4 is 17.4 Å². The molecule has 0 bridgehead atoms. The number of halogens is 1. The fourth-order valence-corrected chi connectivity index (χ4v) is 4.76. The van der Waals surface area contributed by atoms with Gasteiger partial charge in [-0.15, -0.1) is 0 Å². The number of benzene rings is 2. The number of nitrogens with one attached hydrogen (secondary N) is 1. The maximum Gasteiger partial charge on any atom is 0.270 e. The van der Waals surface area contributed by atoms with Gasteiger partial charge in [-0.3, -0.25) is 4.79 Å². The number of anilines is 2. The fourth-order valence-electron chi connectivity index (χ4n) is 4.76. The standard InChI is InChI=1S/C29H29FN4O2/c1-3-20-6-4-5-7-26(20)32-28-14-25(19(2)15-31-28)23-13-27-29(36)34(11-10-33(27)17-23)16-22-12-24(30)9-8-21(22)18-35/h4-9,12-15,17,35H,3,10-11,16,18H2,1-2H3,(H,31,32). The van der Waals surface area contributed by atoms with E-state index in [4.69, 9.17) is 0 Å². The largest absolute Gasteiger partial charge is 0.392 e. The predicted molar refractivity (Wildman–Crippen MR) is 139 cm³/mol. The lowest BCUT2D eigenvalue weighted by Crippen LogP contribution is -2.39. The van der Waals surface area contributed by atoms with Gasteiger partial charge in [0.2, 0.25) is 0 Å². The molecule has 4 aromatic rings. The third-order valence-corrected chi connectivity index (χ3v) is 6.79. The highest BCUT2D eigenvalue weighted by Gasteiger charge is 2.26. The number of amides is 1. The van der Waals surface area contributed by atoms with Crippen LogP contribution in [0.4, 0.5) is 15.9 Å². The van der Waals surface area contributed by atoms with E-state index in [1.54, 1.807) is 11.0 Å². The van der Waals surface area contributed by atoms with E-state index in [-0.39, 0.29) is 24.9 Å². The monoisotopic (exact) mass is 484 g/mol. The minimum absolute atomic E-state index is 0.109. The van der Waals surface area contributed by atoms with Crippen molar-refractivity contribution in [2.75, 3.05) is 11.9 Å². The number of pyridine rings is 1. The molecule has 184 valence electrons. The topological polar surface area (TPSA) is 70.4 Å². The molecule has 1 aliphatic rings. The van der Waals surface area contributed by atoms with Gasteiger partial charge in [0, 0.05) is 43.3 Å². The van der Waals surface area contributed by atoms with Gasteiger partial charge in [0.05, 0.1) is 6.61 Å². The molecule has 1 amide bonds. The number of fused-ring (bicyclic) bond motifs is 1. The van der Waals surface area contributed by atoms with Crippen LogP contribution in [0.3, 0.4) is 0 Å². The lowest BCUT2D eigenvalue weighted by molar-refractivity contribution is 0.0689. The summed E-state index contributed by atoms with van der Waals surface area (Å²) in [6.07, 6.45) is 4.78. The summed E-state index contributed by atoms with van der Waals surface area (Å²) < 4.78 is 15.8. The summed E-state index contributed by atoms with van der Waals surface area (Å²) in [5.74, 6) is 0.260. The molecule has 0 unspecified atom stereocenters. The summed E-state index contributed by atoms with van der Waals surface area (Å²) in [7, 11) is 0. The predicted octanol–water partition coefficient (Wildman–Crippen LogP) is 5.45. The second kappa shape index (κ2) is 9.95. The molecule has 0 radical (unpaired) electrons. The van der Waals surface area contributed by atoms with E-state index >= 15 is 0 Å². The third kappa shape index (κ3) is 4.62. The van der Waals surface area contributed by atoms with E-state index in [2.05, 4.69) is 23.3 Å². The van der Waals surface area contributed by atoms with E-state index in [0.717, 1.165) is 34.6 Å². The van der Waals surface area contributed by atoms with Crippen LogP contribution in [0, 0.1) is 12.7 Å². The van der Waals surface area contributed by atoms with Crippen LogP contribution in [-0.2, 0) is 26.1 Å². The molecular weight excluding hydrogens is 455 g/mol. The number of carbonyl (C=O) groups is 1. The van der Waals surface area contributed by atoms with Gasteiger partial charge in [-0.05, 0) is 71.5 Å². The Kier molecular flexibility index (Phi) is 6.57. The number of carbonyl (C=O) groups excluding carboxylic acids is 1. The minimum Gasteiger partial charge on any atom is -0.392 e. The molecule has 0 saturated heterocycles. The molecule has 2 aromatic carbocycles. The third-order valence-electron chi connectivity index (χ3n) is 6.79. The zero-order chi connectivity index (χ0) is 25.2. The fraction of sp³-hybridized carbons (Fsp3) is 0.241. The van der Waals surface area contributed by atoms with Gasteiger partial charge < -0.3 is 19.9 Å². The quantitative estimate of drug-likeness (QED) is 0.366. The van der Waals surface area contributed by atoms with E-state index in [1.165, 1.54) is 17.7 Å². The first-order valence-corrected chi connectivity index (χ1v) is 12.2. The van der Waals surface area contributed by atoms with Gasteiger partial charge in [0.25, 0.3) is 5.91 Å². The second-order valence-corrected chi connectivity index (χ2v) is 9.13. The zero-order valence-electron chi connectivity index (χ0n) is 20.5. The Morgan fingerprint density at radius 2 is 1.89 bits per heavy atom. The van der Waals surface area contributed by atoms with Crippen molar-refractivity contribution in [3.63, 3.8) is 0 Å². The highest BCUT2D eigenvalue weighted by molar-refractivity contribution is 5.95. The minimum atomic E-state index is -0.378. The molecule has 7 heteroatoms.